The molecule has 144 valence electrons. The Morgan fingerprint density at radius 2 is 1.74 bits per heavy atom. The predicted molar refractivity (Wildman–Crippen MR) is 106 cm³/mol. The Labute approximate surface area is 160 Å². The van der Waals surface area contributed by atoms with Gasteiger partial charge in [0, 0.05) is 25.1 Å². The molecular formula is C22H27NO4. The maximum Gasteiger partial charge on any atom is 0.303 e. The van der Waals surface area contributed by atoms with Crippen LogP contribution in [0.15, 0.2) is 48.5 Å². The van der Waals surface area contributed by atoms with Gasteiger partial charge in [0.15, 0.2) is 6.61 Å². The number of benzene rings is 2. The lowest BCUT2D eigenvalue weighted by Crippen LogP contribution is -2.34. The molecule has 0 aliphatic rings. The van der Waals surface area contributed by atoms with Gasteiger partial charge in [0.25, 0.3) is 5.91 Å². The van der Waals surface area contributed by atoms with Crippen LogP contribution in [0.1, 0.15) is 32.3 Å². The summed E-state index contributed by atoms with van der Waals surface area (Å²) in [4.78, 5) is 24.7. The molecule has 0 bridgehead atoms. The van der Waals surface area contributed by atoms with E-state index in [4.69, 9.17) is 9.84 Å². The number of carboxylic acids is 1. The van der Waals surface area contributed by atoms with E-state index in [9.17, 15) is 9.59 Å². The second-order valence-electron chi connectivity index (χ2n) is 6.30. The highest BCUT2D eigenvalue weighted by Crippen LogP contribution is 2.31. The van der Waals surface area contributed by atoms with E-state index >= 15 is 0 Å². The molecule has 27 heavy (non-hydrogen) atoms. The molecule has 0 aliphatic heterocycles. The van der Waals surface area contributed by atoms with E-state index in [1.807, 2.05) is 62.4 Å². The summed E-state index contributed by atoms with van der Waals surface area (Å²) in [6.07, 6.45) is 1.42. The number of aliphatic carboxylic acids is 1. The van der Waals surface area contributed by atoms with Crippen LogP contribution in [-0.4, -0.2) is 41.6 Å². The van der Waals surface area contributed by atoms with Gasteiger partial charge >= 0.3 is 5.97 Å². The number of carbonyl (C=O) groups excluding carboxylic acids is 1. The lowest BCUT2D eigenvalue weighted by atomic mass is 9.99. The lowest BCUT2D eigenvalue weighted by molar-refractivity contribution is -0.137. The van der Waals surface area contributed by atoms with Crippen LogP contribution in [0.25, 0.3) is 11.1 Å². The molecule has 0 spiro atoms. The number of aryl methyl sites for hydroxylation is 1. The maximum absolute atomic E-state index is 12.2. The standard InChI is InChI=1S/C22H27NO4/c1-3-23(4-2)21(24)16-27-20-14-13-17(9-8-12-22(25)26)15-19(20)18-10-6-5-7-11-18/h5-7,10-11,13-15H,3-4,8-9,12,16H2,1-2H3,(H,25,26). The van der Waals surface area contributed by atoms with Crippen molar-refractivity contribution in [3.05, 3.63) is 54.1 Å². The van der Waals surface area contributed by atoms with Gasteiger partial charge in [0.1, 0.15) is 5.75 Å². The summed E-state index contributed by atoms with van der Waals surface area (Å²) in [5.74, 6) is -0.165. The highest BCUT2D eigenvalue weighted by Gasteiger charge is 2.13. The zero-order valence-electron chi connectivity index (χ0n) is 16.0. The predicted octanol–water partition coefficient (Wildman–Crippen LogP) is 4.01. The number of hydrogen-bond acceptors (Lipinski definition) is 3. The van der Waals surface area contributed by atoms with Gasteiger partial charge in [-0.15, -0.1) is 0 Å². The number of likely N-dealkylation sites (N-methyl/N-ethyl adjacent to an activating group) is 1. The Balaban J connectivity index is 2.20. The third kappa shape index (κ3) is 6.13. The molecule has 0 fully saturated rings. The van der Waals surface area contributed by atoms with Crippen LogP contribution in [0, 0.1) is 0 Å². The Hall–Kier alpha value is -2.82. The van der Waals surface area contributed by atoms with E-state index in [0.717, 1.165) is 16.7 Å². The van der Waals surface area contributed by atoms with Crippen molar-refractivity contribution in [1.29, 1.82) is 0 Å². The second-order valence-corrected chi connectivity index (χ2v) is 6.30. The first kappa shape index (κ1) is 20.5. The van der Waals surface area contributed by atoms with Crippen LogP contribution in [0.2, 0.25) is 0 Å². The zero-order chi connectivity index (χ0) is 19.6. The Kier molecular flexibility index (Phi) is 7.86. The molecule has 0 heterocycles. The molecule has 0 radical (unpaired) electrons. The first-order valence-electron chi connectivity index (χ1n) is 9.35. The van der Waals surface area contributed by atoms with Gasteiger partial charge in [-0.1, -0.05) is 36.4 Å². The summed E-state index contributed by atoms with van der Waals surface area (Å²) < 4.78 is 5.85. The molecule has 2 aromatic rings. The molecule has 0 saturated carbocycles. The molecule has 0 aromatic heterocycles. The summed E-state index contributed by atoms with van der Waals surface area (Å²) >= 11 is 0. The SMILES string of the molecule is CCN(CC)C(=O)COc1ccc(CCCC(=O)O)cc1-c1ccccc1. The van der Waals surface area contributed by atoms with Crippen molar-refractivity contribution >= 4 is 11.9 Å². The fourth-order valence-corrected chi connectivity index (χ4v) is 2.95. The van der Waals surface area contributed by atoms with Crippen molar-refractivity contribution < 1.29 is 19.4 Å². The van der Waals surface area contributed by atoms with Gasteiger partial charge in [0.05, 0.1) is 0 Å². The molecule has 2 aromatic carbocycles. The first-order chi connectivity index (χ1) is 13.0. The van der Waals surface area contributed by atoms with Crippen molar-refractivity contribution in [3.63, 3.8) is 0 Å². The normalized spacial score (nSPS) is 10.4. The van der Waals surface area contributed by atoms with E-state index in [2.05, 4.69) is 0 Å². The zero-order valence-corrected chi connectivity index (χ0v) is 16.0. The van der Waals surface area contributed by atoms with Gasteiger partial charge in [-0.3, -0.25) is 9.59 Å². The van der Waals surface area contributed by atoms with Gasteiger partial charge in [-0.25, -0.2) is 0 Å². The highest BCUT2D eigenvalue weighted by atomic mass is 16.5. The number of carboxylic acid groups (broad SMARTS) is 1. The number of amides is 1. The Bertz CT molecular complexity index is 754. The second kappa shape index (κ2) is 10.4. The summed E-state index contributed by atoms with van der Waals surface area (Å²) in [5, 5.41) is 8.82. The fourth-order valence-electron chi connectivity index (χ4n) is 2.95. The van der Waals surface area contributed by atoms with Crippen molar-refractivity contribution in [1.82, 2.24) is 4.90 Å². The van der Waals surface area contributed by atoms with E-state index in [-0.39, 0.29) is 18.9 Å². The molecule has 0 aliphatic carbocycles. The van der Waals surface area contributed by atoms with Crippen LogP contribution in [0.3, 0.4) is 0 Å². The maximum atomic E-state index is 12.2. The average molecular weight is 369 g/mol. The number of carbonyl (C=O) groups is 2. The summed E-state index contributed by atoms with van der Waals surface area (Å²) in [5.41, 5.74) is 2.97. The van der Waals surface area contributed by atoms with Gasteiger partial charge in [-0.05, 0) is 49.9 Å². The molecular weight excluding hydrogens is 342 g/mol. The van der Waals surface area contributed by atoms with E-state index in [1.165, 1.54) is 0 Å². The average Bonchev–Trinajstić information content (AvgIpc) is 2.68. The Morgan fingerprint density at radius 1 is 1.04 bits per heavy atom. The van der Waals surface area contributed by atoms with Crippen LogP contribution in [0.4, 0.5) is 0 Å². The van der Waals surface area contributed by atoms with Crippen LogP contribution in [0.5, 0.6) is 5.75 Å². The lowest BCUT2D eigenvalue weighted by Gasteiger charge is -2.19. The fraction of sp³-hybridized carbons (Fsp3) is 0.364. The van der Waals surface area contributed by atoms with Gasteiger partial charge in [-0.2, -0.15) is 0 Å². The molecule has 1 amide bonds. The molecule has 1 N–H and O–H groups in total. The minimum absolute atomic E-state index is 0.000125. The van der Waals surface area contributed by atoms with Crippen LogP contribution < -0.4 is 4.74 Å². The number of ether oxygens (including phenoxy) is 1. The minimum Gasteiger partial charge on any atom is -0.483 e. The molecule has 0 unspecified atom stereocenters. The highest BCUT2D eigenvalue weighted by molar-refractivity contribution is 5.78. The monoisotopic (exact) mass is 369 g/mol. The third-order valence-corrected chi connectivity index (χ3v) is 4.45. The smallest absolute Gasteiger partial charge is 0.303 e. The number of rotatable bonds is 10. The van der Waals surface area contributed by atoms with E-state index < -0.39 is 5.97 Å². The van der Waals surface area contributed by atoms with Gasteiger partial charge < -0.3 is 14.7 Å². The van der Waals surface area contributed by atoms with Crippen molar-refractivity contribution in [2.75, 3.05) is 19.7 Å². The molecule has 5 heteroatoms. The largest absolute Gasteiger partial charge is 0.483 e. The first-order valence-corrected chi connectivity index (χ1v) is 9.35. The minimum atomic E-state index is -0.784. The van der Waals surface area contributed by atoms with Crippen LogP contribution >= 0.6 is 0 Å². The quantitative estimate of drug-likeness (QED) is 0.687. The van der Waals surface area contributed by atoms with Crippen molar-refractivity contribution in [3.8, 4) is 16.9 Å². The van der Waals surface area contributed by atoms with Crippen molar-refractivity contribution in [2.45, 2.75) is 33.1 Å². The van der Waals surface area contributed by atoms with Gasteiger partial charge in [0.2, 0.25) is 0 Å². The van der Waals surface area contributed by atoms with Crippen LogP contribution in [-0.2, 0) is 16.0 Å². The molecule has 0 saturated heterocycles. The molecule has 5 nitrogen and oxygen atoms in total. The number of hydrogen-bond donors (Lipinski definition) is 1. The molecule has 2 rings (SSSR count). The number of nitrogens with zero attached hydrogens (tertiary/aromatic N) is 1. The topological polar surface area (TPSA) is 66.8 Å². The summed E-state index contributed by atoms with van der Waals surface area (Å²) in [7, 11) is 0. The summed E-state index contributed by atoms with van der Waals surface area (Å²) in [6.45, 7) is 5.21. The third-order valence-electron chi connectivity index (χ3n) is 4.45. The summed E-state index contributed by atoms with van der Waals surface area (Å²) in [6, 6.07) is 15.7. The van der Waals surface area contributed by atoms with E-state index in [1.54, 1.807) is 4.90 Å². The van der Waals surface area contributed by atoms with E-state index in [0.29, 0.717) is 31.7 Å². The van der Waals surface area contributed by atoms with Crippen molar-refractivity contribution in [2.24, 2.45) is 0 Å². The molecule has 0 atom stereocenters. The Morgan fingerprint density at radius 3 is 2.37 bits per heavy atom.